The zero-order valence-electron chi connectivity index (χ0n) is 31.1. The van der Waals surface area contributed by atoms with Gasteiger partial charge in [-0.25, -0.2) is 8.42 Å². The average Bonchev–Trinajstić information content (AvgIpc) is 3.45. The third-order valence-corrected chi connectivity index (χ3v) is 15.3. The molecule has 9 nitrogen and oxygen atoms in total. The van der Waals surface area contributed by atoms with Gasteiger partial charge in [0.25, 0.3) is 5.78 Å². The van der Waals surface area contributed by atoms with Crippen molar-refractivity contribution in [3.63, 3.8) is 0 Å². The molecule has 1 saturated heterocycles. The van der Waals surface area contributed by atoms with E-state index in [1.54, 1.807) is 0 Å². The lowest BCUT2D eigenvalue weighted by molar-refractivity contribution is -0.700. The fraction of sp³-hybridized carbons (Fsp3) is 0.350. The molecular formula is C40H43F3N2O7SSi. The Morgan fingerprint density at radius 2 is 1.41 bits per heavy atom. The monoisotopic (exact) mass is 780 g/mol. The molecule has 2 aliphatic heterocycles. The summed E-state index contributed by atoms with van der Waals surface area (Å²) in [6.45, 7) is 13.7. The predicted octanol–water partition coefficient (Wildman–Crippen LogP) is 7.32. The van der Waals surface area contributed by atoms with Crippen LogP contribution in [0, 0.1) is 11.8 Å². The molecule has 0 saturated carbocycles. The molecule has 0 spiro atoms. The Hall–Kier alpha value is -4.52. The number of halogens is 3. The molecule has 0 bridgehead atoms. The van der Waals surface area contributed by atoms with E-state index in [1.165, 1.54) is 23.8 Å². The number of benzene rings is 3. The van der Waals surface area contributed by atoms with Gasteiger partial charge in [-0.1, -0.05) is 118 Å². The smallest absolute Gasteiger partial charge is 0.485 e. The summed E-state index contributed by atoms with van der Waals surface area (Å²) in [6, 6.07) is 32.5. The van der Waals surface area contributed by atoms with Gasteiger partial charge in [0.2, 0.25) is 12.0 Å². The normalized spacial score (nSPS) is 18.5. The average molecular weight is 781 g/mol. The number of aromatic nitrogens is 1. The van der Waals surface area contributed by atoms with E-state index in [4.69, 9.17) is 26.6 Å². The number of oxazole rings is 1. The van der Waals surface area contributed by atoms with E-state index in [0.29, 0.717) is 11.3 Å². The lowest BCUT2D eigenvalue weighted by atomic mass is 9.76. The largest absolute Gasteiger partial charge is 0.741 e. The van der Waals surface area contributed by atoms with Crippen LogP contribution in [0.3, 0.4) is 0 Å². The highest BCUT2D eigenvalue weighted by molar-refractivity contribution is 7.86. The van der Waals surface area contributed by atoms with Crippen molar-refractivity contribution in [2.75, 3.05) is 13.7 Å². The molecule has 3 aromatic carbocycles. The first kappa shape index (κ1) is 40.7. The molecule has 0 aliphatic carbocycles. The van der Waals surface area contributed by atoms with Gasteiger partial charge in [0, 0.05) is 5.57 Å². The van der Waals surface area contributed by atoms with E-state index >= 15 is 0 Å². The molecule has 1 aromatic heterocycles. The van der Waals surface area contributed by atoms with Crippen LogP contribution >= 0.6 is 0 Å². The molecule has 286 valence electrons. The number of hydrogen-bond acceptors (Lipinski definition) is 8. The summed E-state index contributed by atoms with van der Waals surface area (Å²) in [5.74, 6) is 6.92. The summed E-state index contributed by atoms with van der Waals surface area (Å²) in [5, 5.41) is 0.0727. The van der Waals surface area contributed by atoms with Crippen molar-refractivity contribution in [2.45, 2.75) is 75.5 Å². The van der Waals surface area contributed by atoms with Gasteiger partial charge in [0.1, 0.15) is 6.04 Å². The fourth-order valence-electron chi connectivity index (χ4n) is 6.48. The SMILES string of the molecule is CO/C(C(=O)C#CCO[Si](C)(C)C(C)(C)C)=C(\C)c1c[n+]2c(o1)[C@@H]1[C@H](C2)N1C(c1ccccc1)(c1ccccc1)c1ccccc1.O=S(=O)([O-])C(F)(F)F. The fourth-order valence-corrected chi connectivity index (χ4v) is 7.34. The van der Waals surface area contributed by atoms with Gasteiger partial charge in [0.05, 0.1) is 19.3 Å². The molecule has 3 atom stereocenters. The van der Waals surface area contributed by atoms with Crippen molar-refractivity contribution < 1.29 is 49.1 Å². The molecule has 4 aromatic rings. The summed E-state index contributed by atoms with van der Waals surface area (Å²) in [7, 11) is -6.54. The minimum atomic E-state index is -6.09. The van der Waals surface area contributed by atoms with Crippen LogP contribution in [0.25, 0.3) is 5.57 Å². The molecule has 3 heterocycles. The number of carbonyl (C=O) groups is 1. The number of hydrogen-bond donors (Lipinski definition) is 0. The molecule has 1 fully saturated rings. The number of nitrogens with zero attached hydrogens (tertiary/aromatic N) is 2. The first-order valence-electron chi connectivity index (χ1n) is 17.2. The maximum atomic E-state index is 13.2. The lowest BCUT2D eigenvalue weighted by Crippen LogP contribution is -2.45. The number of rotatable bonds is 9. The number of ketones is 1. The van der Waals surface area contributed by atoms with Crippen LogP contribution in [0.2, 0.25) is 18.1 Å². The highest BCUT2D eigenvalue weighted by Gasteiger charge is 2.70. The van der Waals surface area contributed by atoms with Crippen LogP contribution in [0.1, 0.15) is 62.1 Å². The molecule has 0 amide bonds. The maximum Gasteiger partial charge on any atom is 0.485 e. The quantitative estimate of drug-likeness (QED) is 0.0166. The predicted molar refractivity (Wildman–Crippen MR) is 198 cm³/mol. The Morgan fingerprint density at radius 3 is 1.81 bits per heavy atom. The molecule has 14 heteroatoms. The molecule has 6 rings (SSSR count). The Bertz CT molecular complexity index is 2080. The van der Waals surface area contributed by atoms with E-state index < -0.39 is 29.5 Å². The second-order valence-corrected chi connectivity index (χ2v) is 20.7. The van der Waals surface area contributed by atoms with Crippen LogP contribution in [0.5, 0.6) is 0 Å². The van der Waals surface area contributed by atoms with E-state index in [-0.39, 0.29) is 35.3 Å². The van der Waals surface area contributed by atoms with Crippen molar-refractivity contribution in [1.82, 2.24) is 4.90 Å². The first-order valence-corrected chi connectivity index (χ1v) is 21.5. The third kappa shape index (κ3) is 7.96. The van der Waals surface area contributed by atoms with Gasteiger partial charge < -0.3 is 18.1 Å². The molecule has 1 unspecified atom stereocenters. The van der Waals surface area contributed by atoms with Crippen molar-refractivity contribution in [1.29, 1.82) is 0 Å². The van der Waals surface area contributed by atoms with Gasteiger partial charge in [-0.15, -0.1) is 0 Å². The Kier molecular flexibility index (Phi) is 11.5. The highest BCUT2D eigenvalue weighted by Crippen LogP contribution is 2.59. The second-order valence-electron chi connectivity index (χ2n) is 14.6. The number of ether oxygens (including phenoxy) is 1. The van der Waals surface area contributed by atoms with Crippen LogP contribution in [-0.4, -0.2) is 57.2 Å². The van der Waals surface area contributed by atoms with Crippen molar-refractivity contribution in [3.05, 3.63) is 131 Å². The number of alkyl halides is 3. The van der Waals surface area contributed by atoms with Gasteiger partial charge in [0.15, 0.2) is 36.8 Å². The van der Waals surface area contributed by atoms with Crippen molar-refractivity contribution >= 4 is 29.8 Å². The van der Waals surface area contributed by atoms with E-state index in [9.17, 15) is 18.0 Å². The van der Waals surface area contributed by atoms with Gasteiger partial charge in [-0.3, -0.25) is 9.69 Å². The summed E-state index contributed by atoms with van der Waals surface area (Å²) < 4.78 is 79.4. The van der Waals surface area contributed by atoms with E-state index in [0.717, 1.165) is 12.4 Å². The maximum absolute atomic E-state index is 13.2. The van der Waals surface area contributed by atoms with E-state index in [2.05, 4.69) is 146 Å². The minimum Gasteiger partial charge on any atom is -0.741 e. The summed E-state index contributed by atoms with van der Waals surface area (Å²) in [5.41, 5.74) is -1.91. The van der Waals surface area contributed by atoms with Gasteiger partial charge in [-0.05, 0) is 47.7 Å². The standard InChI is InChI=1S/C39H43N2O4Si.CHF3O3S/c1-28(36(43-5)33(42)24-17-25-44-46(6,7)38(2,3)4)34-27-40-26-32-35(37(40)45-34)41(32)39(29-18-11-8-12-19-29,30-20-13-9-14-21-30)31-22-15-10-16-23-31;2-1(3,4)8(5,6)7/h8-16,18-23,27,32,35H,25-26H2,1-7H3;(H,5,6,7)/q+1;/p-1/b36-28+;/t32-,35-,41?;/m0./s1. The van der Waals surface area contributed by atoms with E-state index in [1.807, 2.05) is 13.1 Å². The minimum absolute atomic E-state index is 0.0659. The van der Waals surface area contributed by atoms with Crippen LogP contribution in [-0.2, 0) is 36.2 Å². The Labute approximate surface area is 315 Å². The topological polar surface area (TPSA) is 113 Å². The second kappa shape index (κ2) is 15.3. The van der Waals surface area contributed by atoms with Crippen LogP contribution in [0.4, 0.5) is 13.2 Å². The lowest BCUT2D eigenvalue weighted by Gasteiger charge is -2.38. The molecule has 54 heavy (non-hydrogen) atoms. The zero-order chi connectivity index (χ0) is 39.7. The van der Waals surface area contributed by atoms with Gasteiger partial charge >= 0.3 is 11.4 Å². The number of Topliss-reactive ketones (excluding diaryl/α,β-unsaturated/α-hetero) is 1. The zero-order valence-corrected chi connectivity index (χ0v) is 32.9. The van der Waals surface area contributed by atoms with Crippen LogP contribution < -0.4 is 4.57 Å². The number of fused-ring (bicyclic) bond motifs is 3. The number of carbonyl (C=O) groups excluding carboxylic acids is 1. The number of methoxy groups -OCH3 is 1. The van der Waals surface area contributed by atoms with Crippen molar-refractivity contribution in [3.8, 4) is 11.8 Å². The summed E-state index contributed by atoms with van der Waals surface area (Å²) >= 11 is 0. The molecule has 0 radical (unpaired) electrons. The Balaban J connectivity index is 0.000000631. The summed E-state index contributed by atoms with van der Waals surface area (Å²) in [4.78, 5) is 15.7. The number of allylic oxidation sites excluding steroid dienone is 2. The van der Waals surface area contributed by atoms with Gasteiger partial charge in [-0.2, -0.15) is 17.7 Å². The molecule has 0 N–H and O–H groups in total. The van der Waals surface area contributed by atoms with Crippen LogP contribution in [0.15, 0.2) is 107 Å². The van der Waals surface area contributed by atoms with Crippen molar-refractivity contribution in [2.24, 2.45) is 0 Å². The first-order chi connectivity index (χ1) is 25.3. The highest BCUT2D eigenvalue weighted by atomic mass is 32.2. The summed E-state index contributed by atoms with van der Waals surface area (Å²) in [6.07, 6.45) is 1.99. The molecular weight excluding hydrogens is 738 g/mol. The third-order valence-electron chi connectivity index (χ3n) is 10.2. The molecule has 2 aliphatic rings. The Morgan fingerprint density at radius 1 is 0.944 bits per heavy atom.